The number of nitrogens with one attached hydrogen (secondary N) is 2. The van der Waals surface area contributed by atoms with E-state index in [0.29, 0.717) is 5.46 Å². The molecule has 3 N–H and O–H groups in total. The van der Waals surface area contributed by atoms with Gasteiger partial charge in [0.25, 0.3) is 10.0 Å². The second-order valence-corrected chi connectivity index (χ2v) is 7.34. The van der Waals surface area contributed by atoms with Crippen LogP contribution in [-0.4, -0.2) is 32.6 Å². The van der Waals surface area contributed by atoms with Crippen LogP contribution in [0, 0.1) is 0 Å². The third kappa shape index (κ3) is 4.23. The van der Waals surface area contributed by atoms with E-state index >= 15 is 0 Å². The highest BCUT2D eigenvalue weighted by Gasteiger charge is 2.38. The minimum atomic E-state index is -5.05. The molecule has 12 heteroatoms. The van der Waals surface area contributed by atoms with E-state index in [1.165, 1.54) is 12.1 Å². The van der Waals surface area contributed by atoms with Gasteiger partial charge in [-0.2, -0.15) is 13.2 Å². The van der Waals surface area contributed by atoms with Crippen LogP contribution in [0.2, 0.25) is 0 Å². The topological polar surface area (TPSA) is 105 Å². The van der Waals surface area contributed by atoms with Gasteiger partial charge in [-0.3, -0.25) is 9.52 Å². The van der Waals surface area contributed by atoms with Gasteiger partial charge in [-0.25, -0.2) is 8.42 Å². The maximum absolute atomic E-state index is 12.4. The zero-order chi connectivity index (χ0) is 19.8. The Hall–Kier alpha value is -2.57. The molecule has 27 heavy (non-hydrogen) atoms. The van der Waals surface area contributed by atoms with Gasteiger partial charge in [-0.05, 0) is 47.4 Å². The van der Waals surface area contributed by atoms with E-state index in [1.54, 1.807) is 11.4 Å². The Labute approximate surface area is 152 Å². The molecule has 0 aliphatic carbocycles. The van der Waals surface area contributed by atoms with Crippen LogP contribution in [-0.2, 0) is 26.1 Å². The average molecular weight is 400 g/mol. The van der Waals surface area contributed by atoms with Crippen molar-refractivity contribution in [3.05, 3.63) is 48.0 Å². The summed E-state index contributed by atoms with van der Waals surface area (Å²) in [5.41, 5.74) is 1.16. The van der Waals surface area contributed by atoms with Crippen molar-refractivity contribution in [3.63, 3.8) is 0 Å². The molecule has 142 valence electrons. The number of benzene rings is 2. The number of sulfonamides is 1. The van der Waals surface area contributed by atoms with E-state index in [2.05, 4.69) is 4.72 Å². The number of fused-ring (bicyclic) bond motifs is 1. The van der Waals surface area contributed by atoms with E-state index in [4.69, 9.17) is 4.65 Å². The Balaban J connectivity index is 1.76. The van der Waals surface area contributed by atoms with Crippen LogP contribution in [0.5, 0.6) is 0 Å². The van der Waals surface area contributed by atoms with Gasteiger partial charge in [-0.1, -0.05) is 6.07 Å². The number of rotatable bonds is 4. The van der Waals surface area contributed by atoms with E-state index < -0.39 is 29.2 Å². The highest BCUT2D eigenvalue weighted by molar-refractivity contribution is 7.92. The molecule has 0 aromatic heterocycles. The van der Waals surface area contributed by atoms with E-state index in [-0.39, 0.29) is 22.9 Å². The SMILES string of the molecule is O=C(Nc1ccc(S(=O)(=O)Nc2ccc3c(c2)B(O)OC3)cc1)C(F)(F)F. The molecule has 0 unspecified atom stereocenters. The van der Waals surface area contributed by atoms with Gasteiger partial charge in [0.15, 0.2) is 0 Å². The Bertz CT molecular complexity index is 980. The van der Waals surface area contributed by atoms with Crippen LogP contribution in [0.1, 0.15) is 5.56 Å². The van der Waals surface area contributed by atoms with Crippen molar-refractivity contribution in [2.24, 2.45) is 0 Å². The first-order valence-electron chi connectivity index (χ1n) is 7.50. The molecule has 0 atom stereocenters. The molecule has 0 fully saturated rings. The van der Waals surface area contributed by atoms with E-state index in [1.807, 2.05) is 0 Å². The lowest BCUT2D eigenvalue weighted by molar-refractivity contribution is -0.167. The lowest BCUT2D eigenvalue weighted by atomic mass is 9.79. The summed E-state index contributed by atoms with van der Waals surface area (Å²) in [6, 6.07) is 8.73. The van der Waals surface area contributed by atoms with Crippen LogP contribution in [0.4, 0.5) is 24.5 Å². The largest absolute Gasteiger partial charge is 0.491 e. The predicted molar refractivity (Wildman–Crippen MR) is 90.8 cm³/mol. The van der Waals surface area contributed by atoms with Crippen LogP contribution in [0.3, 0.4) is 0 Å². The monoisotopic (exact) mass is 400 g/mol. The molecule has 1 aliphatic heterocycles. The first-order valence-corrected chi connectivity index (χ1v) is 8.98. The molecule has 0 radical (unpaired) electrons. The summed E-state index contributed by atoms with van der Waals surface area (Å²) in [6.07, 6.45) is -5.05. The number of carbonyl (C=O) groups excluding carboxylic acids is 1. The maximum Gasteiger partial charge on any atom is 0.491 e. The van der Waals surface area contributed by atoms with Gasteiger partial charge >= 0.3 is 19.2 Å². The minimum absolute atomic E-state index is 0.188. The molecule has 0 bridgehead atoms. The van der Waals surface area contributed by atoms with Crippen LogP contribution in [0.15, 0.2) is 47.4 Å². The third-order valence-corrected chi connectivity index (χ3v) is 5.14. The zero-order valence-corrected chi connectivity index (χ0v) is 14.3. The minimum Gasteiger partial charge on any atom is -0.423 e. The Morgan fingerprint density at radius 1 is 1.11 bits per heavy atom. The second-order valence-electron chi connectivity index (χ2n) is 5.66. The van der Waals surface area contributed by atoms with Crippen molar-refractivity contribution in [2.75, 3.05) is 10.0 Å². The summed E-state index contributed by atoms with van der Waals surface area (Å²) in [5.74, 6) is -2.16. The van der Waals surface area contributed by atoms with Crippen LogP contribution in [0.25, 0.3) is 0 Å². The van der Waals surface area contributed by atoms with Crippen molar-refractivity contribution in [2.45, 2.75) is 17.7 Å². The number of halogens is 3. The van der Waals surface area contributed by atoms with Gasteiger partial charge in [0.05, 0.1) is 11.5 Å². The summed E-state index contributed by atoms with van der Waals surface area (Å²) in [4.78, 5) is 10.7. The quantitative estimate of drug-likeness (QED) is 0.670. The fourth-order valence-corrected chi connectivity index (χ4v) is 3.46. The summed E-state index contributed by atoms with van der Waals surface area (Å²) in [7, 11) is -5.17. The summed E-state index contributed by atoms with van der Waals surface area (Å²) >= 11 is 0. The van der Waals surface area contributed by atoms with Gasteiger partial charge < -0.3 is 15.0 Å². The number of hydrogen-bond acceptors (Lipinski definition) is 5. The van der Waals surface area contributed by atoms with Crippen LogP contribution < -0.4 is 15.5 Å². The molecule has 7 nitrogen and oxygen atoms in total. The first-order chi connectivity index (χ1) is 12.6. The molecule has 2 aromatic carbocycles. The van der Waals surface area contributed by atoms with E-state index in [0.717, 1.165) is 29.8 Å². The number of alkyl halides is 3. The third-order valence-electron chi connectivity index (χ3n) is 3.74. The van der Waals surface area contributed by atoms with Crippen molar-refractivity contribution in [1.82, 2.24) is 0 Å². The number of anilines is 2. The molecule has 1 aliphatic rings. The van der Waals surface area contributed by atoms with Gasteiger partial charge in [-0.15, -0.1) is 0 Å². The number of hydrogen-bond donors (Lipinski definition) is 3. The Kier molecular flexibility index (Phi) is 4.89. The molecule has 2 aromatic rings. The predicted octanol–water partition coefficient (Wildman–Crippen LogP) is 1.21. The van der Waals surface area contributed by atoms with Crippen molar-refractivity contribution < 1.29 is 36.1 Å². The molecule has 0 saturated heterocycles. The Morgan fingerprint density at radius 2 is 1.74 bits per heavy atom. The summed E-state index contributed by atoms with van der Waals surface area (Å²) in [6.45, 7) is 0.217. The molecule has 3 rings (SSSR count). The lowest BCUT2D eigenvalue weighted by Crippen LogP contribution is -2.29. The standard InChI is InChI=1S/C15H12BF3N2O5S/c17-15(18,19)14(22)20-10-3-5-12(6-4-10)27(24,25)21-11-2-1-9-8-26-16(23)13(9)7-11/h1-7,21,23H,8H2,(H,20,22). The molecule has 0 saturated carbocycles. The maximum atomic E-state index is 12.4. The van der Waals surface area contributed by atoms with Crippen molar-refractivity contribution >= 4 is 39.9 Å². The van der Waals surface area contributed by atoms with E-state index in [9.17, 15) is 31.4 Å². The number of carbonyl (C=O) groups is 1. The molecular weight excluding hydrogens is 388 g/mol. The summed E-state index contributed by atoms with van der Waals surface area (Å²) < 4.78 is 68.8. The molecule has 0 spiro atoms. The zero-order valence-electron chi connectivity index (χ0n) is 13.4. The van der Waals surface area contributed by atoms with Gasteiger partial charge in [0.1, 0.15) is 0 Å². The smallest absolute Gasteiger partial charge is 0.423 e. The van der Waals surface area contributed by atoms with Crippen LogP contribution >= 0.6 is 0 Å². The van der Waals surface area contributed by atoms with Gasteiger partial charge in [0.2, 0.25) is 0 Å². The molecule has 1 amide bonds. The Morgan fingerprint density at radius 3 is 2.37 bits per heavy atom. The van der Waals surface area contributed by atoms with Gasteiger partial charge in [0, 0.05) is 11.4 Å². The number of amides is 1. The highest BCUT2D eigenvalue weighted by atomic mass is 32.2. The molecule has 1 heterocycles. The molecular formula is C15H12BF3N2O5S. The fourth-order valence-electron chi connectivity index (χ4n) is 2.41. The average Bonchev–Trinajstić information content (AvgIpc) is 2.95. The van der Waals surface area contributed by atoms with Crippen molar-refractivity contribution in [1.29, 1.82) is 0 Å². The highest BCUT2D eigenvalue weighted by Crippen LogP contribution is 2.22. The second kappa shape index (κ2) is 6.87. The fraction of sp³-hybridized carbons (Fsp3) is 0.133. The lowest BCUT2D eigenvalue weighted by Gasteiger charge is -2.11. The summed E-state index contributed by atoms with van der Waals surface area (Å²) in [5, 5.41) is 11.3. The van der Waals surface area contributed by atoms with Crippen molar-refractivity contribution in [3.8, 4) is 0 Å². The first kappa shape index (κ1) is 19.2. The normalized spacial score (nSPS) is 14.0.